The normalized spacial score (nSPS) is 14.6. The SMILES string of the molecule is CC(C)C(=O)Nc1cncc(-c2cnc3n[nH]c(-c4nc5c(N6CCN(C)CC6)nccc5[nH]4)c3c2F)c1. The van der Waals surface area contributed by atoms with Crippen molar-refractivity contribution in [1.82, 2.24) is 40.0 Å². The average molecular weight is 515 g/mol. The van der Waals surface area contributed by atoms with Gasteiger partial charge in [-0.05, 0) is 19.2 Å². The molecule has 5 aromatic rings. The Balaban J connectivity index is 1.40. The van der Waals surface area contributed by atoms with Crippen molar-refractivity contribution in [2.45, 2.75) is 13.8 Å². The Morgan fingerprint density at radius 3 is 2.74 bits per heavy atom. The molecule has 6 heterocycles. The van der Waals surface area contributed by atoms with Gasteiger partial charge < -0.3 is 20.1 Å². The third kappa shape index (κ3) is 4.22. The molecule has 0 spiro atoms. The van der Waals surface area contributed by atoms with Crippen molar-refractivity contribution in [3.63, 3.8) is 0 Å². The first-order valence-corrected chi connectivity index (χ1v) is 12.5. The maximum atomic E-state index is 16.0. The highest BCUT2D eigenvalue weighted by atomic mass is 19.1. The molecule has 0 unspecified atom stereocenters. The summed E-state index contributed by atoms with van der Waals surface area (Å²) < 4.78 is 16.0. The Bertz CT molecular complexity index is 1650. The van der Waals surface area contributed by atoms with Crippen LogP contribution in [0.1, 0.15) is 13.8 Å². The van der Waals surface area contributed by atoms with Crippen molar-refractivity contribution in [3.8, 4) is 22.6 Å². The summed E-state index contributed by atoms with van der Waals surface area (Å²) in [5, 5.41) is 10.1. The summed E-state index contributed by atoms with van der Waals surface area (Å²) in [6, 6.07) is 3.53. The van der Waals surface area contributed by atoms with Crippen molar-refractivity contribution in [2.24, 2.45) is 5.92 Å². The van der Waals surface area contributed by atoms with E-state index in [0.29, 0.717) is 22.8 Å². The van der Waals surface area contributed by atoms with Gasteiger partial charge >= 0.3 is 0 Å². The zero-order valence-corrected chi connectivity index (χ0v) is 21.3. The second-order valence-corrected chi connectivity index (χ2v) is 9.80. The topological polar surface area (TPSA) is 132 Å². The monoisotopic (exact) mass is 514 g/mol. The number of likely N-dealkylation sites (N-methyl/N-ethyl adjacent to an activating group) is 1. The lowest BCUT2D eigenvalue weighted by atomic mass is 10.1. The highest BCUT2D eigenvalue weighted by molar-refractivity contribution is 5.96. The van der Waals surface area contributed by atoms with E-state index in [1.165, 1.54) is 18.6 Å². The predicted octanol–water partition coefficient (Wildman–Crippen LogP) is 3.44. The smallest absolute Gasteiger partial charge is 0.226 e. The molecule has 38 heavy (non-hydrogen) atoms. The lowest BCUT2D eigenvalue weighted by molar-refractivity contribution is -0.118. The molecule has 1 fully saturated rings. The molecular formula is C26H27FN10O. The molecule has 0 aliphatic carbocycles. The molecule has 3 N–H and O–H groups in total. The fraction of sp³-hybridized carbons (Fsp3) is 0.308. The van der Waals surface area contributed by atoms with E-state index in [1.807, 2.05) is 6.07 Å². The van der Waals surface area contributed by atoms with Crippen molar-refractivity contribution in [2.75, 3.05) is 43.4 Å². The summed E-state index contributed by atoms with van der Waals surface area (Å²) in [4.78, 5) is 37.9. The summed E-state index contributed by atoms with van der Waals surface area (Å²) in [5.41, 5.74) is 3.35. The molecule has 1 saturated heterocycles. The molecule has 0 radical (unpaired) electrons. The van der Waals surface area contributed by atoms with Crippen molar-refractivity contribution < 1.29 is 9.18 Å². The highest BCUT2D eigenvalue weighted by Crippen LogP contribution is 2.34. The molecule has 0 aromatic carbocycles. The van der Waals surface area contributed by atoms with Crippen LogP contribution in [0.3, 0.4) is 0 Å². The minimum atomic E-state index is -0.509. The fourth-order valence-corrected chi connectivity index (χ4v) is 4.56. The van der Waals surface area contributed by atoms with Gasteiger partial charge in [-0.2, -0.15) is 5.10 Å². The zero-order chi connectivity index (χ0) is 26.4. The minimum Gasteiger partial charge on any atom is -0.352 e. The van der Waals surface area contributed by atoms with Crippen molar-refractivity contribution in [1.29, 1.82) is 0 Å². The number of piperazine rings is 1. The first kappa shape index (κ1) is 23.9. The maximum absolute atomic E-state index is 16.0. The van der Waals surface area contributed by atoms with Crippen LogP contribution in [-0.4, -0.2) is 79.2 Å². The number of aromatic amines is 2. The van der Waals surface area contributed by atoms with E-state index in [1.54, 1.807) is 26.1 Å². The van der Waals surface area contributed by atoms with E-state index in [0.717, 1.165) is 43.0 Å². The number of anilines is 2. The molecule has 12 heteroatoms. The van der Waals surface area contributed by atoms with Crippen LogP contribution >= 0.6 is 0 Å². The quantitative estimate of drug-likeness (QED) is 0.325. The number of hydrogen-bond donors (Lipinski definition) is 3. The van der Waals surface area contributed by atoms with Crippen LogP contribution in [-0.2, 0) is 4.79 Å². The van der Waals surface area contributed by atoms with Gasteiger partial charge in [-0.25, -0.2) is 19.3 Å². The summed E-state index contributed by atoms with van der Waals surface area (Å²) in [5.74, 6) is 0.390. The van der Waals surface area contributed by atoms with Crippen LogP contribution in [0.15, 0.2) is 36.9 Å². The second-order valence-electron chi connectivity index (χ2n) is 9.80. The standard InChI is InChI=1S/C26H27FN10O/c1-14(2)26(38)31-16-10-15(11-28-12-16)17-13-30-23-19(20(17)27)22(34-35-23)24-32-18-4-5-29-25(21(18)33-24)37-8-6-36(3)7-9-37/h4-5,10-14H,6-9H2,1-3H3,(H,31,38)(H,32,33)(H,30,34,35). The molecule has 194 valence electrons. The van der Waals surface area contributed by atoms with Gasteiger partial charge in [0.15, 0.2) is 17.3 Å². The number of nitrogens with zero attached hydrogens (tertiary/aromatic N) is 7. The molecule has 11 nitrogen and oxygen atoms in total. The third-order valence-corrected chi connectivity index (χ3v) is 6.78. The van der Waals surface area contributed by atoms with E-state index >= 15 is 4.39 Å². The summed E-state index contributed by atoms with van der Waals surface area (Å²) in [6.45, 7) is 7.18. The van der Waals surface area contributed by atoms with Gasteiger partial charge in [-0.3, -0.25) is 14.9 Å². The molecule has 1 aliphatic heterocycles. The zero-order valence-electron chi connectivity index (χ0n) is 21.3. The number of H-pyrrole nitrogens is 2. The van der Waals surface area contributed by atoms with Gasteiger partial charge in [0.05, 0.1) is 22.8 Å². The molecular weight excluding hydrogens is 487 g/mol. The molecule has 0 saturated carbocycles. The molecule has 1 aliphatic rings. The van der Waals surface area contributed by atoms with Gasteiger partial charge in [-0.1, -0.05) is 13.8 Å². The van der Waals surface area contributed by atoms with Crippen LogP contribution in [0.25, 0.3) is 44.7 Å². The van der Waals surface area contributed by atoms with E-state index in [4.69, 9.17) is 4.98 Å². The highest BCUT2D eigenvalue weighted by Gasteiger charge is 2.23. The number of imidazole rings is 1. The van der Waals surface area contributed by atoms with Gasteiger partial charge in [-0.15, -0.1) is 0 Å². The third-order valence-electron chi connectivity index (χ3n) is 6.78. The Morgan fingerprint density at radius 1 is 1.13 bits per heavy atom. The van der Waals surface area contributed by atoms with E-state index < -0.39 is 5.82 Å². The predicted molar refractivity (Wildman–Crippen MR) is 143 cm³/mol. The van der Waals surface area contributed by atoms with Crippen LogP contribution in [0.2, 0.25) is 0 Å². The number of fused-ring (bicyclic) bond motifs is 2. The Morgan fingerprint density at radius 2 is 1.95 bits per heavy atom. The van der Waals surface area contributed by atoms with Crippen LogP contribution < -0.4 is 10.2 Å². The molecule has 5 aromatic heterocycles. The van der Waals surface area contributed by atoms with Crippen LogP contribution in [0, 0.1) is 11.7 Å². The Hall–Kier alpha value is -4.45. The number of halogens is 1. The first-order valence-electron chi connectivity index (χ1n) is 12.5. The molecule has 0 bridgehead atoms. The maximum Gasteiger partial charge on any atom is 0.226 e. The number of nitrogens with one attached hydrogen (secondary N) is 3. The van der Waals surface area contributed by atoms with Gasteiger partial charge in [0.1, 0.15) is 17.0 Å². The van der Waals surface area contributed by atoms with E-state index in [9.17, 15) is 4.79 Å². The van der Waals surface area contributed by atoms with Gasteiger partial charge in [0.25, 0.3) is 0 Å². The molecule has 1 amide bonds. The summed E-state index contributed by atoms with van der Waals surface area (Å²) in [6.07, 6.45) is 6.23. The number of aromatic nitrogens is 7. The van der Waals surface area contributed by atoms with Crippen molar-refractivity contribution >= 4 is 39.5 Å². The van der Waals surface area contributed by atoms with Gasteiger partial charge in [0, 0.05) is 61.8 Å². The number of pyridine rings is 3. The van der Waals surface area contributed by atoms with E-state index in [2.05, 4.69) is 52.3 Å². The number of carbonyl (C=O) groups is 1. The number of hydrogen-bond acceptors (Lipinski definition) is 8. The average Bonchev–Trinajstić information content (AvgIpc) is 3.54. The number of amides is 1. The van der Waals surface area contributed by atoms with Gasteiger partial charge in [0.2, 0.25) is 5.91 Å². The molecule has 6 rings (SSSR count). The number of carbonyl (C=O) groups excluding carboxylic acids is 1. The largest absolute Gasteiger partial charge is 0.352 e. The fourth-order valence-electron chi connectivity index (χ4n) is 4.56. The number of rotatable bonds is 5. The molecule has 0 atom stereocenters. The Labute approximate surface area is 217 Å². The second kappa shape index (κ2) is 9.45. The lowest BCUT2D eigenvalue weighted by Gasteiger charge is -2.33. The summed E-state index contributed by atoms with van der Waals surface area (Å²) in [7, 11) is 2.10. The van der Waals surface area contributed by atoms with Crippen LogP contribution in [0.5, 0.6) is 0 Å². The van der Waals surface area contributed by atoms with E-state index in [-0.39, 0.29) is 28.4 Å². The van der Waals surface area contributed by atoms with Crippen molar-refractivity contribution in [3.05, 3.63) is 42.7 Å². The minimum absolute atomic E-state index is 0.148. The van der Waals surface area contributed by atoms with Crippen LogP contribution in [0.4, 0.5) is 15.9 Å². The lowest BCUT2D eigenvalue weighted by Crippen LogP contribution is -2.44. The first-order chi connectivity index (χ1) is 18.4. The summed E-state index contributed by atoms with van der Waals surface area (Å²) >= 11 is 0. The Kier molecular flexibility index (Phi) is 5.95.